The molecule has 0 aliphatic heterocycles. The summed E-state index contributed by atoms with van der Waals surface area (Å²) in [5.74, 6) is -2.47. The largest absolute Gasteiger partial charge is 0.472 e. The number of carbonyl (C=O) groups excluding carboxylic acids is 4. The Labute approximate surface area is 652 Å². The summed E-state index contributed by atoms with van der Waals surface area (Å²) >= 11 is 0. The molecule has 0 saturated heterocycles. The normalized spacial score (nSPS) is 14.9. The van der Waals surface area contributed by atoms with Crippen molar-refractivity contribution in [3.05, 3.63) is 207 Å². The van der Waals surface area contributed by atoms with Crippen molar-refractivity contribution in [2.24, 2.45) is 0 Å². The third-order valence-electron chi connectivity index (χ3n) is 15.7. The van der Waals surface area contributed by atoms with E-state index in [1.807, 2.05) is 48.6 Å². The van der Waals surface area contributed by atoms with Crippen molar-refractivity contribution in [2.75, 3.05) is 39.6 Å². The van der Waals surface area contributed by atoms with Crippen molar-refractivity contribution in [3.63, 3.8) is 0 Å². The van der Waals surface area contributed by atoms with Gasteiger partial charge in [-0.2, -0.15) is 0 Å². The number of aliphatic hydroxyl groups is 1. The quantitative estimate of drug-likeness (QED) is 0.0169. The highest BCUT2D eigenvalue weighted by molar-refractivity contribution is 7.47. The lowest BCUT2D eigenvalue weighted by atomic mass is 10.1. The molecule has 0 spiro atoms. The fraction of sp³-hybridized carbons (Fsp3) is 0.573. The van der Waals surface area contributed by atoms with Crippen molar-refractivity contribution in [1.29, 1.82) is 0 Å². The van der Waals surface area contributed by atoms with Crippen LogP contribution < -0.4 is 0 Å². The second-order valence-corrected chi connectivity index (χ2v) is 28.8. The Morgan fingerprint density at radius 1 is 0.269 bits per heavy atom. The van der Waals surface area contributed by atoms with Gasteiger partial charge in [0.15, 0.2) is 12.2 Å². The molecule has 0 radical (unpaired) electrons. The molecule has 0 fully saturated rings. The Bertz CT molecular complexity index is 2860. The topological polar surface area (TPSA) is 237 Å². The van der Waals surface area contributed by atoms with E-state index in [4.69, 9.17) is 37.0 Å². The van der Waals surface area contributed by atoms with Crippen molar-refractivity contribution in [3.8, 4) is 0 Å². The number of rotatable bonds is 73. The smallest absolute Gasteiger partial charge is 0.462 e. The van der Waals surface area contributed by atoms with Gasteiger partial charge in [0.2, 0.25) is 0 Å². The van der Waals surface area contributed by atoms with Crippen LogP contribution in [0.1, 0.15) is 272 Å². The van der Waals surface area contributed by atoms with E-state index in [1.165, 1.54) is 44.9 Å². The number of phosphoric ester groups is 2. The van der Waals surface area contributed by atoms with Crippen molar-refractivity contribution in [2.45, 2.75) is 290 Å². The number of carbonyl (C=O) groups is 4. The number of unbranched alkanes of at least 4 members (excludes halogenated alkanes) is 13. The predicted octanol–water partition coefficient (Wildman–Crippen LogP) is 23.9. The third-order valence-corrected chi connectivity index (χ3v) is 17.6. The van der Waals surface area contributed by atoms with Crippen LogP contribution in [0.25, 0.3) is 0 Å². The molecular formula is C89H140O17P2. The van der Waals surface area contributed by atoms with Gasteiger partial charge in [-0.15, -0.1) is 0 Å². The van der Waals surface area contributed by atoms with Gasteiger partial charge in [0.05, 0.1) is 26.4 Å². The first-order chi connectivity index (χ1) is 52.7. The summed E-state index contributed by atoms with van der Waals surface area (Å²) in [7, 11) is -10.0. The molecular weight excluding hydrogens is 1400 g/mol. The molecule has 0 aromatic carbocycles. The Morgan fingerprint density at radius 3 is 0.870 bits per heavy atom. The van der Waals surface area contributed by atoms with Gasteiger partial charge >= 0.3 is 39.5 Å². The van der Waals surface area contributed by atoms with Crippen molar-refractivity contribution in [1.82, 2.24) is 0 Å². The molecule has 0 aromatic heterocycles. The van der Waals surface area contributed by atoms with Gasteiger partial charge < -0.3 is 33.8 Å². The van der Waals surface area contributed by atoms with E-state index in [9.17, 15) is 43.2 Å². The van der Waals surface area contributed by atoms with Crippen LogP contribution in [0.3, 0.4) is 0 Å². The third kappa shape index (κ3) is 77.8. The highest BCUT2D eigenvalue weighted by Crippen LogP contribution is 2.45. The van der Waals surface area contributed by atoms with E-state index in [2.05, 4.69) is 186 Å². The minimum atomic E-state index is -5.03. The first-order valence-electron chi connectivity index (χ1n) is 40.3. The molecule has 5 atom stereocenters. The van der Waals surface area contributed by atoms with Crippen LogP contribution in [0.2, 0.25) is 0 Å². The van der Waals surface area contributed by atoms with E-state index in [1.54, 1.807) is 0 Å². The first-order valence-corrected chi connectivity index (χ1v) is 43.3. The maximum Gasteiger partial charge on any atom is 0.472 e. The minimum Gasteiger partial charge on any atom is -0.462 e. The highest BCUT2D eigenvalue weighted by atomic mass is 31.2. The lowest BCUT2D eigenvalue weighted by molar-refractivity contribution is -0.161. The molecule has 608 valence electrons. The van der Waals surface area contributed by atoms with Crippen LogP contribution in [0.4, 0.5) is 0 Å². The molecule has 0 amide bonds. The van der Waals surface area contributed by atoms with E-state index in [0.717, 1.165) is 128 Å². The summed E-state index contributed by atoms with van der Waals surface area (Å²) in [4.78, 5) is 73.0. The van der Waals surface area contributed by atoms with E-state index < -0.39 is 97.5 Å². The predicted molar refractivity (Wildman–Crippen MR) is 445 cm³/mol. The molecule has 0 heterocycles. The minimum absolute atomic E-state index is 0.00766. The zero-order chi connectivity index (χ0) is 78.9. The number of aliphatic hydroxyl groups excluding tert-OH is 1. The average molecular weight is 1540 g/mol. The number of esters is 4. The summed E-state index contributed by atoms with van der Waals surface area (Å²) in [5, 5.41) is 10.6. The van der Waals surface area contributed by atoms with Crippen molar-refractivity contribution >= 4 is 39.5 Å². The van der Waals surface area contributed by atoms with Crippen LogP contribution in [0.15, 0.2) is 207 Å². The molecule has 17 nitrogen and oxygen atoms in total. The monoisotopic (exact) mass is 1540 g/mol. The van der Waals surface area contributed by atoms with E-state index in [0.29, 0.717) is 44.9 Å². The van der Waals surface area contributed by atoms with Gasteiger partial charge in [0, 0.05) is 25.7 Å². The lowest BCUT2D eigenvalue weighted by Crippen LogP contribution is -2.30. The van der Waals surface area contributed by atoms with Crippen LogP contribution in [0.5, 0.6) is 0 Å². The van der Waals surface area contributed by atoms with Crippen LogP contribution in [0, 0.1) is 0 Å². The van der Waals surface area contributed by atoms with Gasteiger partial charge in [-0.25, -0.2) is 9.13 Å². The molecule has 108 heavy (non-hydrogen) atoms. The summed E-state index contributed by atoms with van der Waals surface area (Å²) in [6.07, 6.45) is 98.5. The van der Waals surface area contributed by atoms with Gasteiger partial charge in [-0.05, 0) is 167 Å². The molecule has 0 bridgehead atoms. The first kappa shape index (κ1) is 102. The maximum atomic E-state index is 13.1. The van der Waals surface area contributed by atoms with Gasteiger partial charge in [0.25, 0.3) is 0 Å². The number of allylic oxidation sites excluding steroid dienone is 34. The molecule has 2 unspecified atom stereocenters. The van der Waals surface area contributed by atoms with E-state index >= 15 is 0 Å². The molecule has 0 rings (SSSR count). The fourth-order valence-corrected chi connectivity index (χ4v) is 11.2. The summed E-state index contributed by atoms with van der Waals surface area (Å²) < 4.78 is 68.4. The Kier molecular flexibility index (Phi) is 74.1. The zero-order valence-electron chi connectivity index (χ0n) is 66.4. The van der Waals surface area contributed by atoms with Gasteiger partial charge in [-0.3, -0.25) is 37.3 Å². The summed E-state index contributed by atoms with van der Waals surface area (Å²) in [6.45, 7) is 4.32. The van der Waals surface area contributed by atoms with Gasteiger partial charge in [0.1, 0.15) is 19.3 Å². The standard InChI is InChI=1S/C89H140O17P2/c1-5-9-13-17-21-25-29-33-36-39-41-44-46-50-54-58-62-66-70-74-87(92)100-80-85(106-88(93)75-71-67-63-59-55-51-47-43-38-35-31-27-23-19-15-11-7-3)82-104-108(97,98)102-78-83(90)77-101-107(95,96)103-81-84(79-99-86(91)73-69-65-61-57-53-49-32-28-24-20-16-12-8-4)105-89(94)76-72-68-64-60-56-52-48-45-42-40-37-34-30-26-22-18-14-10-6-2/h9-10,13-14,21-23,25-28,32-38,41-42,44-45,47,50-52,54,56,59,62-64,66,68,83-85,90H,5-8,11-12,15-20,24,29-31,39-40,43,46,48-49,53,55,57-58,60-61,65,67,69-82H2,1-4H3,(H,95,96)(H,97,98)/b13-9-,14-10-,25-21-,26-22-,27-23-,32-28-,36-33-,37-34-,38-35-,44-41-,45-42-,51-47-,54-50-,56-52-,63-59-,66-62-,68-64-/t83-,84+,85+/m0/s1. The maximum absolute atomic E-state index is 13.1. The zero-order valence-corrected chi connectivity index (χ0v) is 68.2. The SMILES string of the molecule is CC/C=C\C/C=C\C/C=C\C/C=C\C/C=C\C/C=C\CCC(=O)OC[C@H](COP(=O)(O)OC[C@@H](O)COP(=O)(O)OC[C@@H](COC(=O)CCCCCCC/C=C\CCCCCC)OC(=O)CC/C=C\C/C=C\C/C=C\C/C=C\C/C=C\C/C=C\CC)OC(=O)CCC/C=C\C/C=C\C/C=C\C/C=C\CCCCC. The second kappa shape index (κ2) is 78.8. The molecule has 0 saturated carbocycles. The fourth-order valence-electron chi connectivity index (χ4n) is 9.67. The number of ether oxygens (including phenoxy) is 4. The Morgan fingerprint density at radius 2 is 0.509 bits per heavy atom. The molecule has 3 N–H and O–H groups in total. The Balaban J connectivity index is 5.58. The van der Waals surface area contributed by atoms with Crippen molar-refractivity contribution < 1.29 is 80.2 Å². The number of hydrogen-bond donors (Lipinski definition) is 3. The highest BCUT2D eigenvalue weighted by Gasteiger charge is 2.30. The molecule has 0 aliphatic carbocycles. The summed E-state index contributed by atoms with van der Waals surface area (Å²) in [6, 6.07) is 0. The molecule has 19 heteroatoms. The molecule has 0 aromatic rings. The van der Waals surface area contributed by atoms with Gasteiger partial charge in [-0.1, -0.05) is 286 Å². The second-order valence-electron chi connectivity index (χ2n) is 25.9. The molecule has 0 aliphatic rings. The Hall–Kier alpha value is -6.36. The number of hydrogen-bond acceptors (Lipinski definition) is 15. The lowest BCUT2D eigenvalue weighted by Gasteiger charge is -2.21. The number of phosphoric acid groups is 2. The average Bonchev–Trinajstić information content (AvgIpc) is 0.892. The van der Waals surface area contributed by atoms with Crippen LogP contribution >= 0.6 is 15.6 Å². The van der Waals surface area contributed by atoms with Crippen LogP contribution in [-0.2, 0) is 65.4 Å². The summed E-state index contributed by atoms with van der Waals surface area (Å²) in [5.41, 5.74) is 0. The van der Waals surface area contributed by atoms with E-state index in [-0.39, 0.29) is 25.7 Å². The van der Waals surface area contributed by atoms with Crippen LogP contribution in [-0.4, -0.2) is 96.7 Å².